The number of aliphatic imine (C=N–C) groups is 1. The molecule has 0 bridgehead atoms. The van der Waals surface area contributed by atoms with Crippen molar-refractivity contribution in [3.63, 3.8) is 0 Å². The van der Waals surface area contributed by atoms with Gasteiger partial charge in [-0.2, -0.15) is 0 Å². The molecular weight excluding hydrogens is 318 g/mol. The maximum Gasteiger partial charge on any atom is 0.194 e. The molecular formula is C19H29N3O3. The molecule has 1 aromatic carbocycles. The minimum Gasteiger partial charge on any atom is -0.493 e. The van der Waals surface area contributed by atoms with Crippen LogP contribution in [-0.4, -0.2) is 57.9 Å². The van der Waals surface area contributed by atoms with E-state index in [1.165, 1.54) is 11.1 Å². The number of hydrogen-bond donors (Lipinski definition) is 1. The number of nitrogens with zero attached hydrogens (tertiary/aromatic N) is 2. The summed E-state index contributed by atoms with van der Waals surface area (Å²) in [6, 6.07) is 4.19. The molecule has 1 fully saturated rings. The zero-order valence-electron chi connectivity index (χ0n) is 15.7. The van der Waals surface area contributed by atoms with Gasteiger partial charge in [0.2, 0.25) is 0 Å². The summed E-state index contributed by atoms with van der Waals surface area (Å²) >= 11 is 0. The fourth-order valence-corrected chi connectivity index (χ4v) is 3.30. The highest BCUT2D eigenvalue weighted by atomic mass is 16.5. The summed E-state index contributed by atoms with van der Waals surface area (Å²) in [4.78, 5) is 7.20. The average molecular weight is 347 g/mol. The van der Waals surface area contributed by atoms with Gasteiger partial charge in [0.05, 0.1) is 34.0 Å². The summed E-state index contributed by atoms with van der Waals surface area (Å²) in [6.07, 6.45) is 0.973. The smallest absolute Gasteiger partial charge is 0.194 e. The van der Waals surface area contributed by atoms with Crippen LogP contribution in [0.3, 0.4) is 0 Å². The molecule has 2 heterocycles. The SMILES string of the molecule is CCNC(=NCC1(C)COC1)N1CCc2cc(OC)c(OC)cc2C1. The van der Waals surface area contributed by atoms with E-state index in [9.17, 15) is 0 Å². The Morgan fingerprint density at radius 1 is 1.24 bits per heavy atom. The van der Waals surface area contributed by atoms with E-state index in [1.54, 1.807) is 14.2 Å². The quantitative estimate of drug-likeness (QED) is 0.653. The summed E-state index contributed by atoms with van der Waals surface area (Å²) in [7, 11) is 3.36. The molecule has 6 heteroatoms. The summed E-state index contributed by atoms with van der Waals surface area (Å²) in [5, 5.41) is 3.43. The molecule has 1 aromatic rings. The maximum absolute atomic E-state index is 5.46. The van der Waals surface area contributed by atoms with Crippen LogP contribution >= 0.6 is 0 Å². The number of guanidine groups is 1. The second-order valence-corrected chi connectivity index (χ2v) is 7.12. The zero-order valence-corrected chi connectivity index (χ0v) is 15.7. The Hall–Kier alpha value is -1.95. The van der Waals surface area contributed by atoms with Crippen molar-refractivity contribution in [3.05, 3.63) is 23.3 Å². The molecule has 2 aliphatic rings. The Bertz CT molecular complexity index is 641. The molecule has 0 atom stereocenters. The Morgan fingerprint density at radius 3 is 2.48 bits per heavy atom. The monoisotopic (exact) mass is 347 g/mol. The minimum atomic E-state index is 0.185. The van der Waals surface area contributed by atoms with Gasteiger partial charge >= 0.3 is 0 Å². The number of fused-ring (bicyclic) bond motifs is 1. The van der Waals surface area contributed by atoms with Crippen molar-refractivity contribution in [3.8, 4) is 11.5 Å². The van der Waals surface area contributed by atoms with E-state index in [4.69, 9.17) is 19.2 Å². The van der Waals surface area contributed by atoms with Crippen LogP contribution in [0.2, 0.25) is 0 Å². The molecule has 1 N–H and O–H groups in total. The highest BCUT2D eigenvalue weighted by Gasteiger charge is 2.33. The van der Waals surface area contributed by atoms with Gasteiger partial charge in [-0.15, -0.1) is 0 Å². The van der Waals surface area contributed by atoms with Crippen LogP contribution in [0.15, 0.2) is 17.1 Å². The fraction of sp³-hybridized carbons (Fsp3) is 0.632. The first kappa shape index (κ1) is 17.9. The Kier molecular flexibility index (Phi) is 5.37. The Labute approximate surface area is 150 Å². The Balaban J connectivity index is 1.77. The third kappa shape index (κ3) is 3.84. The second-order valence-electron chi connectivity index (χ2n) is 7.12. The van der Waals surface area contributed by atoms with Crippen LogP contribution in [0.1, 0.15) is 25.0 Å². The second kappa shape index (κ2) is 7.52. The van der Waals surface area contributed by atoms with E-state index in [2.05, 4.69) is 36.2 Å². The number of ether oxygens (including phenoxy) is 3. The van der Waals surface area contributed by atoms with Crippen molar-refractivity contribution in [2.45, 2.75) is 26.8 Å². The molecule has 0 aliphatic carbocycles. The van der Waals surface area contributed by atoms with Crippen LogP contribution in [-0.2, 0) is 17.7 Å². The summed E-state index contributed by atoms with van der Waals surface area (Å²) in [5.41, 5.74) is 2.78. The molecule has 0 amide bonds. The van der Waals surface area contributed by atoms with Crippen molar-refractivity contribution < 1.29 is 14.2 Å². The Morgan fingerprint density at radius 2 is 1.92 bits per heavy atom. The molecule has 6 nitrogen and oxygen atoms in total. The van der Waals surface area contributed by atoms with E-state index in [1.807, 2.05) is 0 Å². The number of rotatable bonds is 5. The van der Waals surface area contributed by atoms with Crippen molar-refractivity contribution >= 4 is 5.96 Å². The average Bonchev–Trinajstić information content (AvgIpc) is 2.61. The molecule has 0 saturated carbocycles. The number of benzene rings is 1. The molecule has 0 spiro atoms. The van der Waals surface area contributed by atoms with Crippen LogP contribution in [0, 0.1) is 5.41 Å². The topological polar surface area (TPSA) is 55.3 Å². The summed E-state index contributed by atoms with van der Waals surface area (Å²) in [5.74, 6) is 2.56. The fourth-order valence-electron chi connectivity index (χ4n) is 3.30. The molecule has 0 radical (unpaired) electrons. The highest BCUT2D eigenvalue weighted by molar-refractivity contribution is 5.80. The van der Waals surface area contributed by atoms with E-state index in [0.29, 0.717) is 0 Å². The molecule has 0 aromatic heterocycles. The lowest BCUT2D eigenvalue weighted by Crippen LogP contribution is -2.46. The molecule has 2 aliphatic heterocycles. The van der Waals surface area contributed by atoms with Gasteiger partial charge in [0.25, 0.3) is 0 Å². The predicted molar refractivity (Wildman–Crippen MR) is 98.6 cm³/mol. The van der Waals surface area contributed by atoms with Crippen LogP contribution in [0.4, 0.5) is 0 Å². The van der Waals surface area contributed by atoms with Gasteiger partial charge < -0.3 is 24.4 Å². The number of hydrogen-bond acceptors (Lipinski definition) is 4. The van der Waals surface area contributed by atoms with Gasteiger partial charge in [-0.3, -0.25) is 4.99 Å². The van der Waals surface area contributed by atoms with Gasteiger partial charge in [0, 0.05) is 25.0 Å². The lowest BCUT2D eigenvalue weighted by Gasteiger charge is -2.37. The molecule has 138 valence electrons. The molecule has 3 rings (SSSR count). The summed E-state index contributed by atoms with van der Waals surface area (Å²) < 4.78 is 16.2. The first-order valence-electron chi connectivity index (χ1n) is 8.93. The molecule has 1 saturated heterocycles. The van der Waals surface area contributed by atoms with Crippen molar-refractivity contribution in [1.82, 2.24) is 10.2 Å². The van der Waals surface area contributed by atoms with Crippen molar-refractivity contribution in [2.24, 2.45) is 10.4 Å². The van der Waals surface area contributed by atoms with Gasteiger partial charge in [-0.1, -0.05) is 6.92 Å². The van der Waals surface area contributed by atoms with E-state index in [-0.39, 0.29) is 5.41 Å². The third-order valence-corrected chi connectivity index (χ3v) is 4.86. The van der Waals surface area contributed by atoms with Crippen molar-refractivity contribution in [1.29, 1.82) is 0 Å². The summed E-state index contributed by atoms with van der Waals surface area (Å²) in [6.45, 7) is 9.37. The van der Waals surface area contributed by atoms with Crippen molar-refractivity contribution in [2.75, 3.05) is 47.1 Å². The molecule has 25 heavy (non-hydrogen) atoms. The number of nitrogens with one attached hydrogen (secondary N) is 1. The first-order chi connectivity index (χ1) is 12.1. The van der Waals surface area contributed by atoms with Crippen LogP contribution < -0.4 is 14.8 Å². The largest absolute Gasteiger partial charge is 0.493 e. The normalized spacial score (nSPS) is 19.0. The lowest BCUT2D eigenvalue weighted by molar-refractivity contribution is -0.0946. The van der Waals surface area contributed by atoms with Crippen LogP contribution in [0.25, 0.3) is 0 Å². The minimum absolute atomic E-state index is 0.185. The van der Waals surface area contributed by atoms with E-state index in [0.717, 1.165) is 63.3 Å². The van der Waals surface area contributed by atoms with Gasteiger partial charge in [0.15, 0.2) is 17.5 Å². The van der Waals surface area contributed by atoms with Gasteiger partial charge in [-0.25, -0.2) is 0 Å². The van der Waals surface area contributed by atoms with E-state index >= 15 is 0 Å². The number of methoxy groups -OCH3 is 2. The zero-order chi connectivity index (χ0) is 17.9. The van der Waals surface area contributed by atoms with Gasteiger partial charge in [-0.05, 0) is 36.6 Å². The standard InChI is InChI=1S/C19H29N3O3/c1-5-20-18(21-11-19(2)12-25-13-19)22-7-6-14-8-16(23-3)17(24-4)9-15(14)10-22/h8-9H,5-7,10-13H2,1-4H3,(H,20,21). The third-order valence-electron chi connectivity index (χ3n) is 4.86. The lowest BCUT2D eigenvalue weighted by atomic mass is 9.89. The predicted octanol–water partition coefficient (Wildman–Crippen LogP) is 2.06. The maximum atomic E-state index is 5.46. The van der Waals surface area contributed by atoms with Gasteiger partial charge in [0.1, 0.15) is 0 Å². The highest BCUT2D eigenvalue weighted by Crippen LogP contribution is 2.33. The van der Waals surface area contributed by atoms with Crippen LogP contribution in [0.5, 0.6) is 11.5 Å². The first-order valence-corrected chi connectivity index (χ1v) is 8.93. The van der Waals surface area contributed by atoms with E-state index < -0.39 is 0 Å². The molecule has 0 unspecified atom stereocenters.